The lowest BCUT2D eigenvalue weighted by Crippen LogP contribution is -2.63. The van der Waals surface area contributed by atoms with Gasteiger partial charge in [0.2, 0.25) is 0 Å². The predicted molar refractivity (Wildman–Crippen MR) is 38.4 cm³/mol. The molecule has 0 aromatic heterocycles. The summed E-state index contributed by atoms with van der Waals surface area (Å²) in [6, 6.07) is 0. The summed E-state index contributed by atoms with van der Waals surface area (Å²) in [5.41, 5.74) is 0.745. The molecule has 52 valence electrons. The van der Waals surface area contributed by atoms with Crippen molar-refractivity contribution in [1.29, 1.82) is 0 Å². The van der Waals surface area contributed by atoms with E-state index in [0.29, 0.717) is 0 Å². The third-order valence-corrected chi connectivity index (χ3v) is 3.18. The molecule has 0 bridgehead atoms. The van der Waals surface area contributed by atoms with Gasteiger partial charge in [-0.05, 0) is 32.2 Å². The van der Waals surface area contributed by atoms with Crippen molar-refractivity contribution >= 4 is 0 Å². The molecule has 2 aliphatic rings. The third kappa shape index (κ3) is 0.586. The van der Waals surface area contributed by atoms with Gasteiger partial charge in [0.25, 0.3) is 0 Å². The molecule has 0 radical (unpaired) electrons. The van der Waals surface area contributed by atoms with Gasteiger partial charge in [0.05, 0.1) is 0 Å². The first-order valence-corrected chi connectivity index (χ1v) is 4.12. The average Bonchev–Trinajstić information content (AvgIpc) is 1.59. The second-order valence-corrected chi connectivity index (χ2v) is 3.41. The van der Waals surface area contributed by atoms with Crippen LogP contribution in [-0.2, 0) is 0 Å². The van der Waals surface area contributed by atoms with Gasteiger partial charge in [0.1, 0.15) is 0 Å². The number of likely N-dealkylation sites (tertiary alicyclic amines) is 1. The Labute approximate surface area is 57.0 Å². The Morgan fingerprint density at radius 1 is 1.33 bits per heavy atom. The second-order valence-electron chi connectivity index (χ2n) is 3.41. The van der Waals surface area contributed by atoms with Gasteiger partial charge in [-0.15, -0.1) is 0 Å². The van der Waals surface area contributed by atoms with E-state index < -0.39 is 0 Å². The Morgan fingerprint density at radius 2 is 2.11 bits per heavy atom. The lowest BCUT2D eigenvalue weighted by Gasteiger charge is -2.58. The largest absolute Gasteiger partial charge is 0.298 e. The highest BCUT2D eigenvalue weighted by Gasteiger charge is 2.47. The van der Waals surface area contributed by atoms with Crippen LogP contribution < -0.4 is 0 Å². The topological polar surface area (TPSA) is 3.24 Å². The average molecular weight is 125 g/mol. The van der Waals surface area contributed by atoms with Crippen LogP contribution in [0.25, 0.3) is 0 Å². The summed E-state index contributed by atoms with van der Waals surface area (Å²) in [5, 5.41) is 0. The minimum Gasteiger partial charge on any atom is -0.298 e. The number of rotatable bonds is 1. The van der Waals surface area contributed by atoms with E-state index in [0.717, 1.165) is 5.54 Å². The van der Waals surface area contributed by atoms with Crippen molar-refractivity contribution in [3.63, 3.8) is 0 Å². The third-order valence-electron chi connectivity index (χ3n) is 3.18. The van der Waals surface area contributed by atoms with Gasteiger partial charge in [-0.2, -0.15) is 0 Å². The molecule has 9 heavy (non-hydrogen) atoms. The zero-order valence-electron chi connectivity index (χ0n) is 6.19. The molecule has 1 heteroatoms. The molecule has 0 aromatic rings. The van der Waals surface area contributed by atoms with Crippen molar-refractivity contribution in [3.05, 3.63) is 0 Å². The van der Waals surface area contributed by atoms with Gasteiger partial charge in [-0.25, -0.2) is 0 Å². The first kappa shape index (κ1) is 5.72. The molecular weight excluding hydrogens is 110 g/mol. The van der Waals surface area contributed by atoms with E-state index in [4.69, 9.17) is 0 Å². The van der Waals surface area contributed by atoms with Gasteiger partial charge in [0, 0.05) is 12.1 Å². The molecule has 1 aliphatic heterocycles. The van der Waals surface area contributed by atoms with Crippen LogP contribution in [0.1, 0.15) is 32.6 Å². The fourth-order valence-corrected chi connectivity index (χ4v) is 2.23. The summed E-state index contributed by atoms with van der Waals surface area (Å²) < 4.78 is 0. The molecule has 1 spiro atoms. The van der Waals surface area contributed by atoms with Crippen molar-refractivity contribution in [3.8, 4) is 0 Å². The minimum absolute atomic E-state index is 0.745. The van der Waals surface area contributed by atoms with Crippen molar-refractivity contribution in [2.24, 2.45) is 0 Å². The fraction of sp³-hybridized carbons (Fsp3) is 1.00. The molecule has 2 fully saturated rings. The molecule has 0 amide bonds. The van der Waals surface area contributed by atoms with Crippen LogP contribution in [0.4, 0.5) is 0 Å². The van der Waals surface area contributed by atoms with Crippen LogP contribution in [0.2, 0.25) is 0 Å². The Balaban J connectivity index is 1.97. The van der Waals surface area contributed by atoms with Gasteiger partial charge < -0.3 is 0 Å². The van der Waals surface area contributed by atoms with Crippen LogP contribution in [0, 0.1) is 0 Å². The molecule has 1 saturated carbocycles. The second kappa shape index (κ2) is 1.72. The van der Waals surface area contributed by atoms with E-state index in [-0.39, 0.29) is 0 Å². The smallest absolute Gasteiger partial charge is 0.0221 e. The molecule has 0 N–H and O–H groups in total. The molecule has 2 rings (SSSR count). The molecule has 1 nitrogen and oxygen atoms in total. The summed E-state index contributed by atoms with van der Waals surface area (Å²) in [4.78, 5) is 2.64. The zero-order chi connectivity index (χ0) is 6.32. The summed E-state index contributed by atoms with van der Waals surface area (Å²) in [6.45, 7) is 4.93. The molecule has 1 aliphatic carbocycles. The first-order chi connectivity index (χ1) is 4.37. The zero-order valence-corrected chi connectivity index (χ0v) is 6.19. The summed E-state index contributed by atoms with van der Waals surface area (Å²) in [6.07, 6.45) is 5.94. The van der Waals surface area contributed by atoms with Crippen LogP contribution >= 0.6 is 0 Å². The summed E-state index contributed by atoms with van der Waals surface area (Å²) in [7, 11) is 0. The standard InChI is InChI=1S/C8H15N/c1-2-9-7-6-8(9)4-3-5-8/h2-7H2,1H3. The normalized spacial score (nSPS) is 31.7. The van der Waals surface area contributed by atoms with E-state index in [9.17, 15) is 0 Å². The van der Waals surface area contributed by atoms with Crippen molar-refractivity contribution < 1.29 is 0 Å². The van der Waals surface area contributed by atoms with Gasteiger partial charge >= 0.3 is 0 Å². The van der Waals surface area contributed by atoms with Gasteiger partial charge in [0.15, 0.2) is 0 Å². The Bertz CT molecular complexity index is 108. The van der Waals surface area contributed by atoms with E-state index in [1.54, 1.807) is 0 Å². The first-order valence-electron chi connectivity index (χ1n) is 4.12. The molecule has 1 saturated heterocycles. The van der Waals surface area contributed by atoms with Crippen molar-refractivity contribution in [2.45, 2.75) is 38.1 Å². The maximum Gasteiger partial charge on any atom is 0.0221 e. The molecule has 0 atom stereocenters. The summed E-state index contributed by atoms with van der Waals surface area (Å²) >= 11 is 0. The number of nitrogens with zero attached hydrogens (tertiary/aromatic N) is 1. The lowest BCUT2D eigenvalue weighted by molar-refractivity contribution is -0.0685. The van der Waals surface area contributed by atoms with E-state index in [1.807, 2.05) is 0 Å². The highest BCUT2D eigenvalue weighted by molar-refractivity contribution is 5.04. The Morgan fingerprint density at radius 3 is 2.22 bits per heavy atom. The maximum absolute atomic E-state index is 2.64. The van der Waals surface area contributed by atoms with E-state index >= 15 is 0 Å². The molecule has 0 unspecified atom stereocenters. The van der Waals surface area contributed by atoms with Crippen LogP contribution in [0.5, 0.6) is 0 Å². The maximum atomic E-state index is 2.64. The predicted octanol–water partition coefficient (Wildman–Crippen LogP) is 1.63. The highest BCUT2D eigenvalue weighted by atomic mass is 15.3. The van der Waals surface area contributed by atoms with E-state index in [1.165, 1.54) is 38.8 Å². The van der Waals surface area contributed by atoms with Crippen LogP contribution in [0.15, 0.2) is 0 Å². The Hall–Kier alpha value is -0.0400. The van der Waals surface area contributed by atoms with E-state index in [2.05, 4.69) is 11.8 Å². The summed E-state index contributed by atoms with van der Waals surface area (Å²) in [5.74, 6) is 0. The molecule has 0 aromatic carbocycles. The Kier molecular flexibility index (Phi) is 1.10. The van der Waals surface area contributed by atoms with Crippen LogP contribution in [0.3, 0.4) is 0 Å². The monoisotopic (exact) mass is 125 g/mol. The minimum atomic E-state index is 0.745. The fourth-order valence-electron chi connectivity index (χ4n) is 2.23. The quantitative estimate of drug-likeness (QED) is 0.515. The highest BCUT2D eigenvalue weighted by Crippen LogP contribution is 2.46. The van der Waals surface area contributed by atoms with Crippen LogP contribution in [-0.4, -0.2) is 23.5 Å². The SMILES string of the molecule is CCN1CCC12CCC2. The lowest BCUT2D eigenvalue weighted by atomic mass is 9.68. The molecular formula is C8H15N. The molecule has 1 heterocycles. The van der Waals surface area contributed by atoms with Crippen molar-refractivity contribution in [2.75, 3.05) is 13.1 Å². The number of hydrogen-bond donors (Lipinski definition) is 0. The van der Waals surface area contributed by atoms with Gasteiger partial charge in [-0.3, -0.25) is 4.90 Å². The van der Waals surface area contributed by atoms with Gasteiger partial charge in [-0.1, -0.05) is 6.92 Å². The number of hydrogen-bond acceptors (Lipinski definition) is 1. The van der Waals surface area contributed by atoms with Crippen molar-refractivity contribution in [1.82, 2.24) is 4.90 Å².